The molecule has 5 heteroatoms. The van der Waals surface area contributed by atoms with E-state index in [1.54, 1.807) is 0 Å². The molecule has 0 aliphatic carbocycles. The van der Waals surface area contributed by atoms with Crippen molar-refractivity contribution in [3.63, 3.8) is 0 Å². The van der Waals surface area contributed by atoms with E-state index in [0.29, 0.717) is 17.5 Å². The topological polar surface area (TPSA) is 65.0 Å². The second kappa shape index (κ2) is 9.75. The molecule has 9 aromatic rings. The minimum atomic E-state index is 0.575. The highest BCUT2D eigenvalue weighted by molar-refractivity contribution is 6.14. The van der Waals surface area contributed by atoms with Gasteiger partial charge in [0, 0.05) is 38.2 Å². The molecule has 3 heterocycles. The van der Waals surface area contributed by atoms with Gasteiger partial charge in [-0.3, -0.25) is 0 Å². The molecule has 0 saturated heterocycles. The van der Waals surface area contributed by atoms with Crippen molar-refractivity contribution in [2.45, 2.75) is 0 Å². The molecule has 0 aliphatic rings. The first-order valence-corrected chi connectivity index (χ1v) is 14.5. The highest BCUT2D eigenvalue weighted by atomic mass is 16.3. The zero-order valence-corrected chi connectivity index (χ0v) is 23.4. The van der Waals surface area contributed by atoms with Gasteiger partial charge in [-0.2, -0.15) is 0 Å². The van der Waals surface area contributed by atoms with Crippen LogP contribution < -0.4 is 0 Å². The number of benzene rings is 6. The quantitative estimate of drug-likeness (QED) is 0.212. The molecule has 0 radical (unpaired) electrons. The Balaban J connectivity index is 1.31. The number of hydrogen-bond acceptors (Lipinski definition) is 5. The second-order valence-electron chi connectivity index (χ2n) is 10.8. The first-order valence-electron chi connectivity index (χ1n) is 14.5. The van der Waals surface area contributed by atoms with Gasteiger partial charge in [-0.05, 0) is 47.5 Å². The minimum absolute atomic E-state index is 0.575. The van der Waals surface area contributed by atoms with Crippen LogP contribution in [0.15, 0.2) is 148 Å². The highest BCUT2D eigenvalue weighted by Crippen LogP contribution is 2.41. The first-order chi connectivity index (χ1) is 21.8. The maximum absolute atomic E-state index is 6.45. The molecule has 5 nitrogen and oxygen atoms in total. The third-order valence-electron chi connectivity index (χ3n) is 8.13. The monoisotopic (exact) mass is 565 g/mol. The standard InChI is InChI=1S/C39H23N3O2/c1-3-11-24(12-4-1)37-40-38(25-13-5-2-6-14-25)42-39(41-37)27-21-31(36-30-16-8-10-18-33(30)44-35(36)23-27)26-19-20-29-28-15-7-9-17-32(28)43-34(29)22-26/h1-23H. The molecule has 0 amide bonds. The summed E-state index contributed by atoms with van der Waals surface area (Å²) in [6, 6.07) is 46.9. The van der Waals surface area contributed by atoms with Crippen LogP contribution in [-0.4, -0.2) is 15.0 Å². The summed E-state index contributed by atoms with van der Waals surface area (Å²) in [5.74, 6) is 1.81. The van der Waals surface area contributed by atoms with Gasteiger partial charge in [0.1, 0.15) is 22.3 Å². The first kappa shape index (κ1) is 24.5. The molecule has 0 atom stereocenters. The maximum Gasteiger partial charge on any atom is 0.164 e. The number of furan rings is 2. The van der Waals surface area contributed by atoms with Gasteiger partial charge in [-0.1, -0.05) is 103 Å². The molecule has 3 aromatic heterocycles. The van der Waals surface area contributed by atoms with Gasteiger partial charge < -0.3 is 8.83 Å². The second-order valence-corrected chi connectivity index (χ2v) is 10.8. The molecular formula is C39H23N3O2. The van der Waals surface area contributed by atoms with Crippen LogP contribution in [0.25, 0.3) is 89.2 Å². The van der Waals surface area contributed by atoms with E-state index in [9.17, 15) is 0 Å². The lowest BCUT2D eigenvalue weighted by Crippen LogP contribution is -2.00. The van der Waals surface area contributed by atoms with Gasteiger partial charge >= 0.3 is 0 Å². The lowest BCUT2D eigenvalue weighted by Gasteiger charge is -2.11. The summed E-state index contributed by atoms with van der Waals surface area (Å²) < 4.78 is 12.7. The molecule has 6 aromatic carbocycles. The summed E-state index contributed by atoms with van der Waals surface area (Å²) in [6.07, 6.45) is 0. The van der Waals surface area contributed by atoms with Gasteiger partial charge in [0.15, 0.2) is 17.5 Å². The van der Waals surface area contributed by atoms with Crippen LogP contribution in [0.4, 0.5) is 0 Å². The zero-order chi connectivity index (χ0) is 29.0. The Labute approximate surface area is 252 Å². The van der Waals surface area contributed by atoms with Crippen LogP contribution in [0.3, 0.4) is 0 Å². The molecule has 0 saturated carbocycles. The van der Waals surface area contributed by atoms with E-state index in [1.807, 2.05) is 103 Å². The van der Waals surface area contributed by atoms with Gasteiger partial charge in [0.05, 0.1) is 0 Å². The summed E-state index contributed by atoms with van der Waals surface area (Å²) in [5.41, 5.74) is 8.05. The summed E-state index contributed by atoms with van der Waals surface area (Å²) >= 11 is 0. The largest absolute Gasteiger partial charge is 0.456 e. The molecule has 9 rings (SSSR count). The Morgan fingerprint density at radius 3 is 1.52 bits per heavy atom. The fraction of sp³-hybridized carbons (Fsp3) is 0. The Kier molecular flexibility index (Phi) is 5.43. The Morgan fingerprint density at radius 2 is 0.841 bits per heavy atom. The van der Waals surface area contributed by atoms with E-state index in [0.717, 1.165) is 71.7 Å². The van der Waals surface area contributed by atoms with Crippen LogP contribution >= 0.6 is 0 Å². The third kappa shape index (κ3) is 3.98. The van der Waals surface area contributed by atoms with Gasteiger partial charge in [0.2, 0.25) is 0 Å². The summed E-state index contributed by atoms with van der Waals surface area (Å²) in [4.78, 5) is 14.9. The molecule has 0 N–H and O–H groups in total. The zero-order valence-electron chi connectivity index (χ0n) is 23.4. The Morgan fingerprint density at radius 1 is 0.341 bits per heavy atom. The van der Waals surface area contributed by atoms with Crippen molar-refractivity contribution in [1.29, 1.82) is 0 Å². The van der Waals surface area contributed by atoms with Crippen molar-refractivity contribution in [2.75, 3.05) is 0 Å². The minimum Gasteiger partial charge on any atom is -0.456 e. The molecule has 206 valence electrons. The van der Waals surface area contributed by atoms with Crippen molar-refractivity contribution >= 4 is 43.9 Å². The van der Waals surface area contributed by atoms with Crippen LogP contribution in [0, 0.1) is 0 Å². The van der Waals surface area contributed by atoms with Gasteiger partial charge in [-0.25, -0.2) is 15.0 Å². The van der Waals surface area contributed by atoms with Crippen molar-refractivity contribution in [2.24, 2.45) is 0 Å². The predicted molar refractivity (Wildman–Crippen MR) is 176 cm³/mol. The van der Waals surface area contributed by atoms with Crippen LogP contribution in [0.5, 0.6) is 0 Å². The lowest BCUT2D eigenvalue weighted by molar-refractivity contribution is 0.668. The van der Waals surface area contributed by atoms with E-state index in [2.05, 4.69) is 36.4 Å². The molecular weight excluding hydrogens is 542 g/mol. The van der Waals surface area contributed by atoms with Crippen LogP contribution in [0.1, 0.15) is 0 Å². The number of nitrogens with zero attached hydrogens (tertiary/aromatic N) is 3. The number of fused-ring (bicyclic) bond motifs is 6. The number of aromatic nitrogens is 3. The molecule has 44 heavy (non-hydrogen) atoms. The van der Waals surface area contributed by atoms with Crippen molar-refractivity contribution in [3.8, 4) is 45.3 Å². The fourth-order valence-electron chi connectivity index (χ4n) is 6.04. The average molecular weight is 566 g/mol. The van der Waals surface area contributed by atoms with E-state index < -0.39 is 0 Å². The van der Waals surface area contributed by atoms with Crippen LogP contribution in [0.2, 0.25) is 0 Å². The smallest absolute Gasteiger partial charge is 0.164 e. The maximum atomic E-state index is 6.45. The molecule has 0 spiro atoms. The molecule has 0 bridgehead atoms. The van der Waals surface area contributed by atoms with E-state index in [-0.39, 0.29) is 0 Å². The van der Waals surface area contributed by atoms with Gasteiger partial charge in [-0.15, -0.1) is 0 Å². The Bertz CT molecular complexity index is 2440. The summed E-state index contributed by atoms with van der Waals surface area (Å²) in [6.45, 7) is 0. The van der Waals surface area contributed by atoms with Crippen LogP contribution in [-0.2, 0) is 0 Å². The normalized spacial score (nSPS) is 11.6. The SMILES string of the molecule is c1ccc(-c2nc(-c3ccccc3)nc(-c3cc(-c4ccc5c(c4)oc4ccccc45)c4c(c3)oc3ccccc34)n2)cc1. The molecule has 0 aliphatic heterocycles. The number of rotatable bonds is 4. The highest BCUT2D eigenvalue weighted by Gasteiger charge is 2.19. The molecule has 0 unspecified atom stereocenters. The third-order valence-corrected chi connectivity index (χ3v) is 8.13. The van der Waals surface area contributed by atoms with Crippen molar-refractivity contribution in [1.82, 2.24) is 15.0 Å². The van der Waals surface area contributed by atoms with E-state index in [4.69, 9.17) is 23.8 Å². The molecule has 0 fully saturated rings. The summed E-state index contributed by atoms with van der Waals surface area (Å²) in [7, 11) is 0. The predicted octanol–water partition coefficient (Wildman–Crippen LogP) is 10.3. The van der Waals surface area contributed by atoms with E-state index in [1.165, 1.54) is 0 Å². The lowest BCUT2D eigenvalue weighted by atomic mass is 9.96. The number of hydrogen-bond donors (Lipinski definition) is 0. The van der Waals surface area contributed by atoms with Crippen molar-refractivity contribution in [3.05, 3.63) is 140 Å². The Hall–Kier alpha value is -6.07. The summed E-state index contributed by atoms with van der Waals surface area (Å²) in [5, 5.41) is 4.29. The van der Waals surface area contributed by atoms with E-state index >= 15 is 0 Å². The van der Waals surface area contributed by atoms with Crippen molar-refractivity contribution < 1.29 is 8.83 Å². The average Bonchev–Trinajstić information content (AvgIpc) is 3.66. The van der Waals surface area contributed by atoms with Gasteiger partial charge in [0.25, 0.3) is 0 Å². The fourth-order valence-corrected chi connectivity index (χ4v) is 6.04. The number of para-hydroxylation sites is 2.